The molecule has 0 aliphatic carbocycles. The lowest BCUT2D eigenvalue weighted by atomic mass is 10.0. The maximum atomic E-state index is 13.2. The van der Waals surface area contributed by atoms with E-state index in [1.807, 2.05) is 67.1 Å². The number of anilines is 1. The fraction of sp³-hybridized carbons (Fsp3) is 0.211. The highest BCUT2D eigenvalue weighted by molar-refractivity contribution is 8.00. The van der Waals surface area contributed by atoms with Crippen LogP contribution in [0.3, 0.4) is 0 Å². The second-order valence-corrected chi connectivity index (χ2v) is 7.84. The van der Waals surface area contributed by atoms with Crippen LogP contribution in [0.25, 0.3) is 0 Å². The van der Waals surface area contributed by atoms with Gasteiger partial charge in [-0.25, -0.2) is 4.68 Å². The number of carbonyl (C=O) groups excluding carboxylic acids is 1. The number of thioether (sulfide) groups is 1. The standard InChI is InChI=1S/C19H18ClN5OS/c1-11-14(20)9-6-10-15(11)21-18(26)17-16(13-7-4-3-5-8-13)24-25-12(2)22-23-19(25)27-17/h3-10,16-17,24H,1-2H3,(H,21,26)/t16-,17-/m0/s1. The largest absolute Gasteiger partial charge is 0.325 e. The van der Waals surface area contributed by atoms with Crippen LogP contribution in [-0.2, 0) is 4.79 Å². The zero-order chi connectivity index (χ0) is 19.0. The molecule has 2 atom stereocenters. The molecule has 6 nitrogen and oxygen atoms in total. The third-order valence-electron chi connectivity index (χ3n) is 4.54. The summed E-state index contributed by atoms with van der Waals surface area (Å²) in [6.07, 6.45) is 0. The van der Waals surface area contributed by atoms with E-state index >= 15 is 0 Å². The fourth-order valence-corrected chi connectivity index (χ4v) is 4.32. The van der Waals surface area contributed by atoms with Crippen LogP contribution in [0.1, 0.15) is 23.0 Å². The van der Waals surface area contributed by atoms with Crippen LogP contribution in [0.5, 0.6) is 0 Å². The summed E-state index contributed by atoms with van der Waals surface area (Å²) in [5.74, 6) is 0.640. The van der Waals surface area contributed by atoms with E-state index in [2.05, 4.69) is 20.9 Å². The second-order valence-electron chi connectivity index (χ2n) is 6.32. The molecule has 0 radical (unpaired) electrons. The molecule has 0 unspecified atom stereocenters. The van der Waals surface area contributed by atoms with E-state index < -0.39 is 5.25 Å². The molecule has 0 saturated carbocycles. The Balaban J connectivity index is 1.67. The van der Waals surface area contributed by atoms with Gasteiger partial charge in [0.05, 0.1) is 6.04 Å². The van der Waals surface area contributed by atoms with Crippen molar-refractivity contribution in [1.82, 2.24) is 14.9 Å². The number of nitrogens with zero attached hydrogens (tertiary/aromatic N) is 3. The lowest BCUT2D eigenvalue weighted by Crippen LogP contribution is -2.41. The molecule has 0 bridgehead atoms. The average Bonchev–Trinajstić information content (AvgIpc) is 3.05. The van der Waals surface area contributed by atoms with E-state index in [0.29, 0.717) is 15.9 Å². The van der Waals surface area contributed by atoms with E-state index in [-0.39, 0.29) is 11.9 Å². The SMILES string of the molecule is Cc1c(Cl)cccc1NC(=O)[C@H]1Sc2nnc(C)n2N[C@H]1c1ccccc1. The smallest absolute Gasteiger partial charge is 0.240 e. The van der Waals surface area contributed by atoms with Crippen molar-refractivity contribution < 1.29 is 4.79 Å². The zero-order valence-corrected chi connectivity index (χ0v) is 16.4. The Morgan fingerprint density at radius 1 is 1.15 bits per heavy atom. The van der Waals surface area contributed by atoms with Gasteiger partial charge in [0.1, 0.15) is 11.1 Å². The molecule has 0 fully saturated rings. The number of aromatic nitrogens is 3. The Morgan fingerprint density at radius 2 is 1.93 bits per heavy atom. The summed E-state index contributed by atoms with van der Waals surface area (Å²) in [5.41, 5.74) is 5.96. The summed E-state index contributed by atoms with van der Waals surface area (Å²) in [6, 6.07) is 15.2. The monoisotopic (exact) mass is 399 g/mol. The van der Waals surface area contributed by atoms with Crippen LogP contribution in [-0.4, -0.2) is 26.0 Å². The van der Waals surface area contributed by atoms with Crippen molar-refractivity contribution in [2.24, 2.45) is 0 Å². The van der Waals surface area contributed by atoms with Crippen LogP contribution in [0.4, 0.5) is 5.69 Å². The van der Waals surface area contributed by atoms with E-state index in [4.69, 9.17) is 11.6 Å². The first-order valence-corrected chi connectivity index (χ1v) is 9.76. The number of carbonyl (C=O) groups is 1. The van der Waals surface area contributed by atoms with E-state index in [1.54, 1.807) is 0 Å². The van der Waals surface area contributed by atoms with Crippen molar-refractivity contribution in [3.63, 3.8) is 0 Å². The lowest BCUT2D eigenvalue weighted by Gasteiger charge is -2.32. The number of aryl methyl sites for hydroxylation is 1. The quantitative estimate of drug-likeness (QED) is 0.697. The third kappa shape index (κ3) is 3.40. The third-order valence-corrected chi connectivity index (χ3v) is 6.17. The summed E-state index contributed by atoms with van der Waals surface area (Å²) in [5, 5.41) is 12.2. The number of halogens is 1. The summed E-state index contributed by atoms with van der Waals surface area (Å²) >= 11 is 7.59. The van der Waals surface area contributed by atoms with Gasteiger partial charge in [0.2, 0.25) is 11.1 Å². The number of rotatable bonds is 3. The van der Waals surface area contributed by atoms with Crippen LogP contribution >= 0.6 is 23.4 Å². The molecule has 27 heavy (non-hydrogen) atoms. The Hall–Kier alpha value is -2.51. The molecule has 3 aromatic rings. The van der Waals surface area contributed by atoms with E-state index in [9.17, 15) is 4.79 Å². The molecule has 1 aliphatic rings. The molecule has 2 heterocycles. The first-order valence-electron chi connectivity index (χ1n) is 8.51. The van der Waals surface area contributed by atoms with Crippen molar-refractivity contribution in [2.45, 2.75) is 30.3 Å². The Morgan fingerprint density at radius 3 is 2.70 bits per heavy atom. The van der Waals surface area contributed by atoms with Crippen molar-refractivity contribution in [1.29, 1.82) is 0 Å². The Kier molecular flexibility index (Phi) is 4.80. The van der Waals surface area contributed by atoms with Gasteiger partial charge in [0, 0.05) is 10.7 Å². The molecule has 8 heteroatoms. The second kappa shape index (κ2) is 7.25. The predicted octanol–water partition coefficient (Wildman–Crippen LogP) is 3.95. The maximum absolute atomic E-state index is 13.2. The van der Waals surface area contributed by atoms with Crippen molar-refractivity contribution in [2.75, 3.05) is 10.7 Å². The normalized spacial score (nSPS) is 18.5. The Bertz CT molecular complexity index is 991. The molecular weight excluding hydrogens is 382 g/mol. The molecule has 0 saturated heterocycles. The van der Waals surface area contributed by atoms with E-state index in [0.717, 1.165) is 17.0 Å². The number of nitrogens with one attached hydrogen (secondary N) is 2. The highest BCUT2D eigenvalue weighted by Crippen LogP contribution is 2.37. The van der Waals surface area contributed by atoms with Gasteiger partial charge >= 0.3 is 0 Å². The first-order chi connectivity index (χ1) is 13.0. The summed E-state index contributed by atoms with van der Waals surface area (Å²) in [4.78, 5) is 13.2. The minimum Gasteiger partial charge on any atom is -0.325 e. The van der Waals surface area contributed by atoms with Gasteiger partial charge < -0.3 is 10.7 Å². The molecule has 1 amide bonds. The molecule has 2 N–H and O–H groups in total. The molecular formula is C19H18ClN5OS. The summed E-state index contributed by atoms with van der Waals surface area (Å²) in [6.45, 7) is 3.76. The van der Waals surface area contributed by atoms with Crippen molar-refractivity contribution in [3.05, 3.63) is 70.5 Å². The van der Waals surface area contributed by atoms with Crippen molar-refractivity contribution >= 4 is 35.0 Å². The van der Waals surface area contributed by atoms with Crippen LogP contribution in [0.2, 0.25) is 5.02 Å². The number of hydrogen-bond donors (Lipinski definition) is 2. The summed E-state index contributed by atoms with van der Waals surface area (Å²) in [7, 11) is 0. The topological polar surface area (TPSA) is 71.8 Å². The highest BCUT2D eigenvalue weighted by atomic mass is 35.5. The molecule has 0 spiro atoms. The minimum absolute atomic E-state index is 0.112. The zero-order valence-electron chi connectivity index (χ0n) is 14.8. The van der Waals surface area contributed by atoms with Gasteiger partial charge in [-0.3, -0.25) is 4.79 Å². The number of fused-ring (bicyclic) bond motifs is 1. The van der Waals surface area contributed by atoms with Crippen molar-refractivity contribution in [3.8, 4) is 0 Å². The molecule has 2 aromatic carbocycles. The van der Waals surface area contributed by atoms with Gasteiger partial charge in [-0.15, -0.1) is 10.2 Å². The average molecular weight is 400 g/mol. The van der Waals surface area contributed by atoms with Crippen LogP contribution in [0, 0.1) is 13.8 Å². The molecule has 1 aromatic heterocycles. The first kappa shape index (κ1) is 17.9. The molecule has 1 aliphatic heterocycles. The number of hydrogen-bond acceptors (Lipinski definition) is 5. The lowest BCUT2D eigenvalue weighted by molar-refractivity contribution is -0.116. The molecule has 138 valence electrons. The Labute approximate surface area is 166 Å². The van der Waals surface area contributed by atoms with Gasteiger partial charge in [-0.05, 0) is 37.1 Å². The number of amides is 1. The minimum atomic E-state index is -0.415. The maximum Gasteiger partial charge on any atom is 0.240 e. The number of benzene rings is 2. The van der Waals surface area contributed by atoms with Gasteiger partial charge in [-0.1, -0.05) is 59.8 Å². The highest BCUT2D eigenvalue weighted by Gasteiger charge is 2.37. The van der Waals surface area contributed by atoms with Crippen LogP contribution in [0.15, 0.2) is 53.7 Å². The fourth-order valence-electron chi connectivity index (χ4n) is 3.02. The van der Waals surface area contributed by atoms with Gasteiger partial charge in [0.15, 0.2) is 0 Å². The van der Waals surface area contributed by atoms with E-state index in [1.165, 1.54) is 11.8 Å². The van der Waals surface area contributed by atoms with Crippen LogP contribution < -0.4 is 10.7 Å². The van der Waals surface area contributed by atoms with Gasteiger partial charge in [0.25, 0.3) is 0 Å². The van der Waals surface area contributed by atoms with Gasteiger partial charge in [-0.2, -0.15) is 0 Å². The molecule has 4 rings (SSSR count). The predicted molar refractivity (Wildman–Crippen MR) is 108 cm³/mol. The summed E-state index contributed by atoms with van der Waals surface area (Å²) < 4.78 is 1.83.